The van der Waals surface area contributed by atoms with Gasteiger partial charge in [-0.15, -0.1) is 11.3 Å². The van der Waals surface area contributed by atoms with E-state index in [-0.39, 0.29) is 11.9 Å². The molecule has 1 saturated carbocycles. The summed E-state index contributed by atoms with van der Waals surface area (Å²) in [6, 6.07) is 8.79. The lowest BCUT2D eigenvalue weighted by molar-refractivity contribution is -0.120. The van der Waals surface area contributed by atoms with Gasteiger partial charge >= 0.3 is 0 Å². The number of nitrogens with zero attached hydrogens (tertiary/aromatic N) is 1. The minimum atomic E-state index is 0.0469. The Hall–Kier alpha value is -1.72. The molecule has 5 heteroatoms. The Morgan fingerprint density at radius 2 is 2.12 bits per heavy atom. The van der Waals surface area contributed by atoms with Crippen LogP contribution in [0.4, 0.5) is 0 Å². The molecular weight excluding hydrogens is 320 g/mol. The molecule has 1 aliphatic carbocycles. The van der Waals surface area contributed by atoms with Gasteiger partial charge in [-0.2, -0.15) is 0 Å². The highest BCUT2D eigenvalue weighted by atomic mass is 32.1. The van der Waals surface area contributed by atoms with Gasteiger partial charge in [-0.05, 0) is 17.9 Å². The molecule has 1 fully saturated rings. The maximum Gasteiger partial charge on any atom is 0.226 e. The molecule has 24 heavy (non-hydrogen) atoms. The highest BCUT2D eigenvalue weighted by Gasteiger charge is 2.38. The molecule has 1 aromatic carbocycles. The van der Waals surface area contributed by atoms with Crippen LogP contribution in [0.3, 0.4) is 0 Å². The number of nitrogens with one attached hydrogen (secondary N) is 1. The molecular formula is C19H24N2O2S. The van der Waals surface area contributed by atoms with Crippen molar-refractivity contribution in [3.8, 4) is 10.6 Å². The number of benzene rings is 1. The Kier molecular flexibility index (Phi) is 5.31. The quantitative estimate of drug-likeness (QED) is 0.834. The van der Waals surface area contributed by atoms with Crippen molar-refractivity contribution in [3.63, 3.8) is 0 Å². The lowest BCUT2D eigenvalue weighted by Gasteiger charge is -2.05. The highest BCUT2D eigenvalue weighted by Crippen LogP contribution is 2.30. The van der Waals surface area contributed by atoms with Crippen molar-refractivity contribution in [2.75, 3.05) is 13.7 Å². The topological polar surface area (TPSA) is 51.2 Å². The third-order valence-corrected chi connectivity index (χ3v) is 5.31. The number of carbonyl (C=O) groups excluding carboxylic acids is 1. The van der Waals surface area contributed by atoms with Gasteiger partial charge in [-0.1, -0.05) is 38.1 Å². The Morgan fingerprint density at radius 1 is 1.38 bits per heavy atom. The average Bonchev–Trinajstić information content (AvgIpc) is 3.10. The number of hydrogen-bond donors (Lipinski definition) is 1. The second-order valence-corrected chi connectivity index (χ2v) is 7.58. The van der Waals surface area contributed by atoms with Gasteiger partial charge in [0.15, 0.2) is 0 Å². The fourth-order valence-corrected chi connectivity index (χ4v) is 3.60. The largest absolute Gasteiger partial charge is 0.384 e. The molecule has 2 atom stereocenters. The summed E-state index contributed by atoms with van der Waals surface area (Å²) in [7, 11) is 1.70. The number of methoxy groups -OCH3 is 1. The van der Waals surface area contributed by atoms with E-state index < -0.39 is 0 Å². The molecule has 128 valence electrons. The summed E-state index contributed by atoms with van der Waals surface area (Å²) in [5.41, 5.74) is 3.27. The predicted molar refractivity (Wildman–Crippen MR) is 97.3 cm³/mol. The van der Waals surface area contributed by atoms with E-state index in [0.29, 0.717) is 18.3 Å². The summed E-state index contributed by atoms with van der Waals surface area (Å²) in [6.07, 6.45) is 1.36. The third kappa shape index (κ3) is 4.22. The molecule has 4 nitrogen and oxygen atoms in total. The van der Waals surface area contributed by atoms with Crippen molar-refractivity contribution in [3.05, 3.63) is 40.9 Å². The molecule has 1 amide bonds. The number of rotatable bonds is 7. The van der Waals surface area contributed by atoms with Crippen LogP contribution >= 0.6 is 11.3 Å². The van der Waals surface area contributed by atoms with Crippen LogP contribution in [0.1, 0.15) is 37.4 Å². The normalized spacial score (nSPS) is 19.5. The van der Waals surface area contributed by atoms with Crippen LogP contribution in [0.25, 0.3) is 10.6 Å². The number of thiazole rings is 1. The van der Waals surface area contributed by atoms with Crippen molar-refractivity contribution < 1.29 is 9.53 Å². The zero-order valence-corrected chi connectivity index (χ0v) is 15.2. The van der Waals surface area contributed by atoms with Crippen LogP contribution in [-0.4, -0.2) is 30.6 Å². The fraction of sp³-hybridized carbons (Fsp3) is 0.474. The van der Waals surface area contributed by atoms with Crippen molar-refractivity contribution in [2.24, 2.45) is 5.92 Å². The van der Waals surface area contributed by atoms with Crippen LogP contribution < -0.4 is 5.32 Å². The van der Waals surface area contributed by atoms with E-state index in [1.807, 2.05) is 5.38 Å². The number of hydrogen-bond acceptors (Lipinski definition) is 4. The van der Waals surface area contributed by atoms with Crippen molar-refractivity contribution in [1.82, 2.24) is 10.3 Å². The summed E-state index contributed by atoms with van der Waals surface area (Å²) < 4.78 is 5.11. The molecule has 1 aromatic heterocycles. The highest BCUT2D eigenvalue weighted by molar-refractivity contribution is 7.13. The van der Waals surface area contributed by atoms with E-state index >= 15 is 0 Å². The van der Waals surface area contributed by atoms with Gasteiger partial charge in [0, 0.05) is 30.0 Å². The molecule has 1 heterocycles. The second kappa shape index (κ2) is 7.45. The van der Waals surface area contributed by atoms with E-state index in [4.69, 9.17) is 4.74 Å². The number of amides is 1. The van der Waals surface area contributed by atoms with Crippen molar-refractivity contribution in [2.45, 2.75) is 38.6 Å². The van der Waals surface area contributed by atoms with E-state index in [0.717, 1.165) is 29.3 Å². The number of ether oxygens (including phenoxy) is 1. The molecule has 1 N–H and O–H groups in total. The van der Waals surface area contributed by atoms with Gasteiger partial charge in [-0.3, -0.25) is 4.79 Å². The summed E-state index contributed by atoms with van der Waals surface area (Å²) in [4.78, 5) is 16.7. The number of aromatic nitrogens is 1. The maximum absolute atomic E-state index is 12.1. The molecule has 0 aliphatic heterocycles. The summed E-state index contributed by atoms with van der Waals surface area (Å²) >= 11 is 1.59. The van der Waals surface area contributed by atoms with E-state index in [2.05, 4.69) is 48.4 Å². The SMILES string of the molecule is COC[C@H]1C[C@@H]1NC(=O)Cc1csc(-c2ccc(C(C)C)cc2)n1. The molecule has 1 aliphatic rings. The van der Waals surface area contributed by atoms with Crippen LogP contribution in [-0.2, 0) is 16.0 Å². The number of carbonyl (C=O) groups is 1. The van der Waals surface area contributed by atoms with E-state index in [1.165, 1.54) is 5.56 Å². The summed E-state index contributed by atoms with van der Waals surface area (Å²) in [5, 5.41) is 6.00. The minimum Gasteiger partial charge on any atom is -0.384 e. The van der Waals surface area contributed by atoms with Crippen molar-refractivity contribution in [1.29, 1.82) is 0 Å². The summed E-state index contributed by atoms with van der Waals surface area (Å²) in [6.45, 7) is 5.09. The lowest BCUT2D eigenvalue weighted by Crippen LogP contribution is -2.29. The third-order valence-electron chi connectivity index (χ3n) is 4.37. The Bertz CT molecular complexity index is 694. The van der Waals surface area contributed by atoms with E-state index in [9.17, 15) is 4.79 Å². The molecule has 0 radical (unpaired) electrons. The van der Waals surface area contributed by atoms with Gasteiger partial charge < -0.3 is 10.1 Å². The monoisotopic (exact) mass is 344 g/mol. The average molecular weight is 344 g/mol. The second-order valence-electron chi connectivity index (χ2n) is 6.72. The molecule has 2 aromatic rings. The molecule has 3 rings (SSSR count). The molecule has 0 unspecified atom stereocenters. The Labute approximate surface area is 147 Å². The first-order valence-corrected chi connectivity index (χ1v) is 9.28. The zero-order chi connectivity index (χ0) is 17.1. The van der Waals surface area contributed by atoms with Gasteiger partial charge in [-0.25, -0.2) is 4.98 Å². The predicted octanol–water partition coefficient (Wildman–Crippen LogP) is 3.63. The fourth-order valence-electron chi connectivity index (χ4n) is 2.78. The van der Waals surface area contributed by atoms with E-state index in [1.54, 1.807) is 18.4 Å². The maximum atomic E-state index is 12.1. The van der Waals surface area contributed by atoms with Gasteiger partial charge in [0.05, 0.1) is 18.7 Å². The van der Waals surface area contributed by atoms with Crippen LogP contribution in [0, 0.1) is 5.92 Å². The first-order chi connectivity index (χ1) is 11.6. The van der Waals surface area contributed by atoms with Crippen LogP contribution in [0.15, 0.2) is 29.6 Å². The Balaban J connectivity index is 1.56. The van der Waals surface area contributed by atoms with Crippen LogP contribution in [0.5, 0.6) is 0 Å². The zero-order valence-electron chi connectivity index (χ0n) is 14.4. The summed E-state index contributed by atoms with van der Waals surface area (Å²) in [5.74, 6) is 1.05. The van der Waals surface area contributed by atoms with Gasteiger partial charge in [0.25, 0.3) is 0 Å². The smallest absolute Gasteiger partial charge is 0.226 e. The first-order valence-electron chi connectivity index (χ1n) is 8.40. The van der Waals surface area contributed by atoms with Gasteiger partial charge in [0.2, 0.25) is 5.91 Å². The molecule has 0 bridgehead atoms. The van der Waals surface area contributed by atoms with Gasteiger partial charge in [0.1, 0.15) is 5.01 Å². The molecule has 0 spiro atoms. The minimum absolute atomic E-state index is 0.0469. The van der Waals surface area contributed by atoms with Crippen molar-refractivity contribution >= 4 is 17.2 Å². The standard InChI is InChI=1S/C19H24N2O2S/c1-12(2)13-4-6-14(7-5-13)19-20-16(11-24-19)9-18(22)21-17-8-15(17)10-23-3/h4-7,11-12,15,17H,8-10H2,1-3H3,(H,21,22)/t15-,17+/m1/s1. The first kappa shape index (κ1) is 17.1. The Morgan fingerprint density at radius 3 is 2.79 bits per heavy atom. The van der Waals surface area contributed by atoms with Crippen LogP contribution in [0.2, 0.25) is 0 Å². The lowest BCUT2D eigenvalue weighted by atomic mass is 10.0. The molecule has 0 saturated heterocycles.